The Morgan fingerprint density at radius 3 is 1.73 bits per heavy atom. The summed E-state index contributed by atoms with van der Waals surface area (Å²) in [6, 6.07) is 0. The molecule has 0 saturated heterocycles. The zero-order valence-corrected chi connectivity index (χ0v) is 10.5. The molecule has 2 rings (SSSR count). The zero-order valence-electron chi connectivity index (χ0n) is 8.77. The SMILES string of the molecule is CCO[Si](Cl)(C1C=CC=C1)C1C=CC=C1. The van der Waals surface area contributed by atoms with Gasteiger partial charge in [0.1, 0.15) is 0 Å². The number of hydrogen-bond donors (Lipinski definition) is 0. The quantitative estimate of drug-likeness (QED) is 0.536. The fraction of sp³-hybridized carbons (Fsp3) is 0.333. The molecule has 0 aromatic heterocycles. The average Bonchev–Trinajstić information content (AvgIpc) is 2.92. The fourth-order valence-corrected chi connectivity index (χ4v) is 5.99. The van der Waals surface area contributed by atoms with Crippen LogP contribution in [0.4, 0.5) is 0 Å². The highest BCUT2D eigenvalue weighted by Crippen LogP contribution is 2.44. The molecule has 2 aliphatic rings. The molecule has 0 aliphatic heterocycles. The molecule has 1 nitrogen and oxygen atoms in total. The molecule has 0 aromatic carbocycles. The summed E-state index contributed by atoms with van der Waals surface area (Å²) in [5, 5.41) is 0. The molecule has 0 amide bonds. The highest BCUT2D eigenvalue weighted by atomic mass is 35.6. The van der Waals surface area contributed by atoms with Gasteiger partial charge in [0.15, 0.2) is 0 Å². The van der Waals surface area contributed by atoms with Crippen LogP contribution in [0.2, 0.25) is 11.1 Å². The maximum absolute atomic E-state index is 6.76. The Morgan fingerprint density at radius 1 is 1.00 bits per heavy atom. The highest BCUT2D eigenvalue weighted by Gasteiger charge is 2.46. The normalized spacial score (nSPS) is 20.9. The van der Waals surface area contributed by atoms with Gasteiger partial charge in [0, 0.05) is 17.7 Å². The third kappa shape index (κ3) is 2.02. The van der Waals surface area contributed by atoms with Crippen LogP contribution in [0, 0.1) is 0 Å². The molecule has 0 radical (unpaired) electrons. The van der Waals surface area contributed by atoms with E-state index in [9.17, 15) is 0 Å². The molecule has 0 saturated carbocycles. The lowest BCUT2D eigenvalue weighted by Crippen LogP contribution is -2.39. The van der Waals surface area contributed by atoms with E-state index in [1.54, 1.807) is 0 Å². The first kappa shape index (κ1) is 10.9. The molecule has 0 unspecified atom stereocenters. The molecule has 3 heteroatoms. The monoisotopic (exact) mass is 238 g/mol. The molecule has 0 spiro atoms. The first-order chi connectivity index (χ1) is 7.27. The Balaban J connectivity index is 2.22. The van der Waals surface area contributed by atoms with Crippen LogP contribution in [0.3, 0.4) is 0 Å². The standard InChI is InChI=1S/C12H15ClOSi/c1-2-14-15(13,11-7-3-4-8-11)12-9-5-6-10-12/h3-12H,2H2,1H3. The molecule has 0 N–H and O–H groups in total. The summed E-state index contributed by atoms with van der Waals surface area (Å²) in [5.74, 6) is 0. The van der Waals surface area contributed by atoms with E-state index in [4.69, 9.17) is 15.5 Å². The highest BCUT2D eigenvalue weighted by molar-refractivity contribution is 7.19. The van der Waals surface area contributed by atoms with E-state index in [2.05, 4.69) is 48.6 Å². The van der Waals surface area contributed by atoms with Crippen LogP contribution < -0.4 is 0 Å². The number of allylic oxidation sites excluding steroid dienone is 8. The van der Waals surface area contributed by atoms with Crippen molar-refractivity contribution < 1.29 is 4.43 Å². The van der Waals surface area contributed by atoms with Gasteiger partial charge in [0.25, 0.3) is 0 Å². The van der Waals surface area contributed by atoms with Gasteiger partial charge in [-0.25, -0.2) is 0 Å². The topological polar surface area (TPSA) is 9.23 Å². The molecule has 2 aliphatic carbocycles. The van der Waals surface area contributed by atoms with E-state index >= 15 is 0 Å². The van der Waals surface area contributed by atoms with Gasteiger partial charge in [0.05, 0.1) is 0 Å². The lowest BCUT2D eigenvalue weighted by molar-refractivity contribution is 0.331. The van der Waals surface area contributed by atoms with Crippen LogP contribution in [-0.4, -0.2) is 14.2 Å². The molecule has 0 atom stereocenters. The Labute approximate surface area is 96.6 Å². The lowest BCUT2D eigenvalue weighted by atomic mass is 10.4. The molecule has 0 fully saturated rings. The van der Waals surface area contributed by atoms with Crippen molar-refractivity contribution in [2.45, 2.75) is 18.0 Å². The summed E-state index contributed by atoms with van der Waals surface area (Å²) < 4.78 is 5.90. The van der Waals surface area contributed by atoms with Gasteiger partial charge < -0.3 is 4.43 Å². The summed E-state index contributed by atoms with van der Waals surface area (Å²) in [6.45, 7) is 2.70. The lowest BCUT2D eigenvalue weighted by Gasteiger charge is -2.31. The van der Waals surface area contributed by atoms with Crippen molar-refractivity contribution in [3.63, 3.8) is 0 Å². The Kier molecular flexibility index (Phi) is 3.29. The number of hydrogen-bond acceptors (Lipinski definition) is 1. The predicted molar refractivity (Wildman–Crippen MR) is 67.3 cm³/mol. The predicted octanol–water partition coefficient (Wildman–Crippen LogP) is 3.70. The minimum absolute atomic E-state index is 0.288. The largest absolute Gasteiger partial charge is 0.402 e. The minimum Gasteiger partial charge on any atom is -0.402 e. The van der Waals surface area contributed by atoms with Gasteiger partial charge in [0.2, 0.25) is 0 Å². The van der Waals surface area contributed by atoms with Crippen LogP contribution in [0.15, 0.2) is 48.6 Å². The van der Waals surface area contributed by atoms with E-state index in [-0.39, 0.29) is 11.1 Å². The first-order valence-corrected chi connectivity index (χ1v) is 8.37. The van der Waals surface area contributed by atoms with Crippen LogP contribution in [0.1, 0.15) is 6.92 Å². The second-order valence-electron chi connectivity index (χ2n) is 3.72. The van der Waals surface area contributed by atoms with Crippen molar-refractivity contribution >= 4 is 18.7 Å². The zero-order chi connectivity index (χ0) is 10.7. The van der Waals surface area contributed by atoms with Gasteiger partial charge in [-0.1, -0.05) is 48.6 Å². The van der Waals surface area contributed by atoms with Crippen LogP contribution >= 0.6 is 11.1 Å². The summed E-state index contributed by atoms with van der Waals surface area (Å²) in [5.41, 5.74) is 0.577. The Bertz CT molecular complexity index is 292. The third-order valence-electron chi connectivity index (χ3n) is 2.77. The van der Waals surface area contributed by atoms with E-state index in [0.717, 1.165) is 0 Å². The van der Waals surface area contributed by atoms with Gasteiger partial charge >= 0.3 is 7.63 Å². The Morgan fingerprint density at radius 2 is 1.40 bits per heavy atom. The minimum atomic E-state index is -2.26. The van der Waals surface area contributed by atoms with Crippen molar-refractivity contribution in [2.24, 2.45) is 0 Å². The van der Waals surface area contributed by atoms with Crippen molar-refractivity contribution in [3.8, 4) is 0 Å². The average molecular weight is 239 g/mol. The molecule has 15 heavy (non-hydrogen) atoms. The Hall–Kier alpha value is -0.573. The summed E-state index contributed by atoms with van der Waals surface area (Å²) in [4.78, 5) is 0. The summed E-state index contributed by atoms with van der Waals surface area (Å²) in [6.07, 6.45) is 16.8. The maximum atomic E-state index is 6.76. The van der Waals surface area contributed by atoms with E-state index in [0.29, 0.717) is 6.61 Å². The van der Waals surface area contributed by atoms with Crippen molar-refractivity contribution in [1.29, 1.82) is 0 Å². The van der Waals surface area contributed by atoms with E-state index in [1.165, 1.54) is 0 Å². The summed E-state index contributed by atoms with van der Waals surface area (Å²) >= 11 is 6.76. The molecule has 80 valence electrons. The van der Waals surface area contributed by atoms with Gasteiger partial charge in [-0.2, -0.15) is 0 Å². The molecule has 0 aromatic rings. The second-order valence-corrected chi connectivity index (χ2v) is 8.51. The van der Waals surface area contributed by atoms with Gasteiger partial charge in [-0.3, -0.25) is 0 Å². The van der Waals surface area contributed by atoms with Crippen LogP contribution in [0.5, 0.6) is 0 Å². The molecular weight excluding hydrogens is 224 g/mol. The number of rotatable bonds is 4. The van der Waals surface area contributed by atoms with Crippen LogP contribution in [0.25, 0.3) is 0 Å². The van der Waals surface area contributed by atoms with Gasteiger partial charge in [-0.05, 0) is 6.92 Å². The smallest absolute Gasteiger partial charge is 0.311 e. The number of halogens is 1. The summed E-state index contributed by atoms with van der Waals surface area (Å²) in [7, 11) is -2.26. The third-order valence-corrected chi connectivity index (χ3v) is 7.93. The molecular formula is C12H15ClOSi. The van der Waals surface area contributed by atoms with Crippen molar-refractivity contribution in [3.05, 3.63) is 48.6 Å². The molecule has 0 heterocycles. The maximum Gasteiger partial charge on any atom is 0.311 e. The van der Waals surface area contributed by atoms with E-state index < -0.39 is 7.63 Å². The fourth-order valence-electron chi connectivity index (χ4n) is 2.02. The van der Waals surface area contributed by atoms with Gasteiger partial charge in [-0.15, -0.1) is 11.1 Å². The first-order valence-electron chi connectivity index (χ1n) is 5.30. The molecule has 0 bridgehead atoms. The van der Waals surface area contributed by atoms with Crippen LogP contribution in [-0.2, 0) is 4.43 Å². The van der Waals surface area contributed by atoms with E-state index in [1.807, 2.05) is 6.92 Å². The van der Waals surface area contributed by atoms with Crippen molar-refractivity contribution in [2.75, 3.05) is 6.61 Å². The van der Waals surface area contributed by atoms with Crippen molar-refractivity contribution in [1.82, 2.24) is 0 Å². The second kappa shape index (κ2) is 4.52.